The highest BCUT2D eigenvalue weighted by Gasteiger charge is 2.15. The molecule has 0 radical (unpaired) electrons. The standard InChI is InChI=1S/C13H24N2O4/c1-2-19-12(16)6-4-3-5-7-14-13(17)15-8-10-18-11-9-15/h2-11H2,1H3,(H,14,17). The van der Waals surface area contributed by atoms with Gasteiger partial charge in [0.2, 0.25) is 0 Å². The molecule has 1 fully saturated rings. The van der Waals surface area contributed by atoms with E-state index < -0.39 is 0 Å². The van der Waals surface area contributed by atoms with Crippen molar-refractivity contribution < 1.29 is 19.1 Å². The van der Waals surface area contributed by atoms with Crippen LogP contribution in [0.5, 0.6) is 0 Å². The van der Waals surface area contributed by atoms with E-state index in [1.807, 2.05) is 0 Å². The van der Waals surface area contributed by atoms with Crippen molar-refractivity contribution in [3.63, 3.8) is 0 Å². The van der Waals surface area contributed by atoms with Crippen LogP contribution in [-0.2, 0) is 14.3 Å². The number of hydrogen-bond acceptors (Lipinski definition) is 4. The Balaban J connectivity index is 1.95. The van der Waals surface area contributed by atoms with Crippen LogP contribution >= 0.6 is 0 Å². The summed E-state index contributed by atoms with van der Waals surface area (Å²) in [5, 5.41) is 2.88. The van der Waals surface area contributed by atoms with Gasteiger partial charge in [-0.2, -0.15) is 0 Å². The lowest BCUT2D eigenvalue weighted by molar-refractivity contribution is -0.143. The molecular formula is C13H24N2O4. The Hall–Kier alpha value is -1.30. The summed E-state index contributed by atoms with van der Waals surface area (Å²) in [6.45, 7) is 5.45. The van der Waals surface area contributed by atoms with E-state index in [-0.39, 0.29) is 12.0 Å². The fourth-order valence-corrected chi connectivity index (χ4v) is 1.88. The number of nitrogens with zero attached hydrogens (tertiary/aromatic N) is 1. The van der Waals surface area contributed by atoms with E-state index >= 15 is 0 Å². The van der Waals surface area contributed by atoms with Crippen LogP contribution in [0.4, 0.5) is 4.79 Å². The molecule has 6 heteroatoms. The number of hydrogen-bond donors (Lipinski definition) is 1. The highest BCUT2D eigenvalue weighted by Crippen LogP contribution is 2.01. The number of carbonyl (C=O) groups excluding carboxylic acids is 2. The summed E-state index contributed by atoms with van der Waals surface area (Å²) in [7, 11) is 0. The fraction of sp³-hybridized carbons (Fsp3) is 0.846. The molecule has 1 N–H and O–H groups in total. The van der Waals surface area contributed by atoms with Gasteiger partial charge in [-0.05, 0) is 19.8 Å². The predicted octanol–water partition coefficient (Wildman–Crippen LogP) is 1.15. The predicted molar refractivity (Wildman–Crippen MR) is 70.9 cm³/mol. The molecule has 0 bridgehead atoms. The third kappa shape index (κ3) is 7.00. The van der Waals surface area contributed by atoms with Gasteiger partial charge < -0.3 is 19.7 Å². The molecule has 0 spiro atoms. The number of morpholine rings is 1. The van der Waals surface area contributed by atoms with E-state index in [0.29, 0.717) is 45.9 Å². The van der Waals surface area contributed by atoms with Crippen LogP contribution in [0.2, 0.25) is 0 Å². The Kier molecular flexibility index (Phi) is 7.97. The van der Waals surface area contributed by atoms with Crippen molar-refractivity contribution in [3.8, 4) is 0 Å². The Bertz CT molecular complexity index is 278. The molecule has 1 aliphatic heterocycles. The van der Waals surface area contributed by atoms with Gasteiger partial charge in [0, 0.05) is 26.1 Å². The first-order chi connectivity index (χ1) is 9.24. The van der Waals surface area contributed by atoms with Gasteiger partial charge in [-0.1, -0.05) is 6.42 Å². The number of nitrogens with one attached hydrogen (secondary N) is 1. The van der Waals surface area contributed by atoms with Gasteiger partial charge >= 0.3 is 12.0 Å². The number of carbonyl (C=O) groups is 2. The molecule has 0 saturated carbocycles. The van der Waals surface area contributed by atoms with Crippen LogP contribution in [0.15, 0.2) is 0 Å². The molecule has 1 heterocycles. The average Bonchev–Trinajstić information content (AvgIpc) is 2.43. The van der Waals surface area contributed by atoms with E-state index in [2.05, 4.69) is 5.32 Å². The molecule has 1 saturated heterocycles. The van der Waals surface area contributed by atoms with Crippen molar-refractivity contribution in [2.24, 2.45) is 0 Å². The lowest BCUT2D eigenvalue weighted by atomic mass is 10.2. The van der Waals surface area contributed by atoms with Gasteiger partial charge in [0.25, 0.3) is 0 Å². The number of unbranched alkanes of at least 4 members (excludes halogenated alkanes) is 2. The van der Waals surface area contributed by atoms with Crippen molar-refractivity contribution in [3.05, 3.63) is 0 Å². The van der Waals surface area contributed by atoms with Gasteiger partial charge in [-0.3, -0.25) is 4.79 Å². The smallest absolute Gasteiger partial charge is 0.317 e. The summed E-state index contributed by atoms with van der Waals surface area (Å²) in [6, 6.07) is -0.0197. The van der Waals surface area contributed by atoms with E-state index in [1.54, 1.807) is 11.8 Å². The quantitative estimate of drug-likeness (QED) is 0.557. The molecule has 0 atom stereocenters. The van der Waals surface area contributed by atoms with Crippen LogP contribution in [0, 0.1) is 0 Å². The van der Waals surface area contributed by atoms with Crippen LogP contribution in [0.25, 0.3) is 0 Å². The zero-order chi connectivity index (χ0) is 13.9. The number of rotatable bonds is 7. The zero-order valence-electron chi connectivity index (χ0n) is 11.7. The molecule has 6 nitrogen and oxygen atoms in total. The van der Waals surface area contributed by atoms with Gasteiger partial charge in [0.15, 0.2) is 0 Å². The molecule has 1 rings (SSSR count). The SMILES string of the molecule is CCOC(=O)CCCCCNC(=O)N1CCOCC1. The van der Waals surface area contributed by atoms with Gasteiger partial charge in [0.05, 0.1) is 19.8 Å². The average molecular weight is 272 g/mol. The Morgan fingerprint density at radius 3 is 2.63 bits per heavy atom. The molecule has 1 aliphatic rings. The first-order valence-corrected chi connectivity index (χ1v) is 7.00. The van der Waals surface area contributed by atoms with Crippen LogP contribution in [0.1, 0.15) is 32.6 Å². The number of ether oxygens (including phenoxy) is 2. The summed E-state index contributed by atoms with van der Waals surface area (Å²) < 4.78 is 10.0. The van der Waals surface area contributed by atoms with Gasteiger partial charge in [0.1, 0.15) is 0 Å². The molecule has 0 aromatic carbocycles. The third-order valence-corrected chi connectivity index (χ3v) is 2.94. The molecule has 0 unspecified atom stereocenters. The second kappa shape index (κ2) is 9.61. The molecule has 0 aliphatic carbocycles. The lowest BCUT2D eigenvalue weighted by Gasteiger charge is -2.26. The Morgan fingerprint density at radius 1 is 1.21 bits per heavy atom. The zero-order valence-corrected chi connectivity index (χ0v) is 11.7. The lowest BCUT2D eigenvalue weighted by Crippen LogP contribution is -2.46. The normalized spacial score (nSPS) is 15.1. The largest absolute Gasteiger partial charge is 0.466 e. The van der Waals surface area contributed by atoms with Crippen molar-refractivity contribution in [2.45, 2.75) is 32.6 Å². The molecule has 2 amide bonds. The molecule has 0 aromatic rings. The Morgan fingerprint density at radius 2 is 1.95 bits per heavy atom. The second-order valence-electron chi connectivity index (χ2n) is 4.45. The molecule has 19 heavy (non-hydrogen) atoms. The van der Waals surface area contributed by atoms with Gasteiger partial charge in [-0.15, -0.1) is 0 Å². The summed E-state index contributed by atoms with van der Waals surface area (Å²) in [5.41, 5.74) is 0. The first-order valence-electron chi connectivity index (χ1n) is 7.00. The van der Waals surface area contributed by atoms with Gasteiger partial charge in [-0.25, -0.2) is 4.79 Å². The maximum Gasteiger partial charge on any atom is 0.317 e. The van der Waals surface area contributed by atoms with Crippen molar-refractivity contribution in [1.82, 2.24) is 10.2 Å². The number of esters is 1. The third-order valence-electron chi connectivity index (χ3n) is 2.94. The van der Waals surface area contributed by atoms with Crippen LogP contribution in [0.3, 0.4) is 0 Å². The molecule has 0 aromatic heterocycles. The molecule has 110 valence electrons. The number of amides is 2. The highest BCUT2D eigenvalue weighted by atomic mass is 16.5. The van der Waals surface area contributed by atoms with Crippen LogP contribution < -0.4 is 5.32 Å². The number of urea groups is 1. The summed E-state index contributed by atoms with van der Waals surface area (Å²) in [5.74, 6) is -0.139. The minimum absolute atomic E-state index is 0.0197. The summed E-state index contributed by atoms with van der Waals surface area (Å²) in [6.07, 6.45) is 3.08. The van der Waals surface area contributed by atoms with E-state index in [9.17, 15) is 9.59 Å². The highest BCUT2D eigenvalue weighted by molar-refractivity contribution is 5.74. The van der Waals surface area contributed by atoms with E-state index in [0.717, 1.165) is 19.3 Å². The monoisotopic (exact) mass is 272 g/mol. The minimum atomic E-state index is -0.139. The van der Waals surface area contributed by atoms with Crippen molar-refractivity contribution in [1.29, 1.82) is 0 Å². The van der Waals surface area contributed by atoms with E-state index in [1.165, 1.54) is 0 Å². The summed E-state index contributed by atoms with van der Waals surface area (Å²) >= 11 is 0. The maximum atomic E-state index is 11.7. The van der Waals surface area contributed by atoms with Crippen molar-refractivity contribution in [2.75, 3.05) is 39.5 Å². The minimum Gasteiger partial charge on any atom is -0.466 e. The second-order valence-corrected chi connectivity index (χ2v) is 4.45. The molecular weight excluding hydrogens is 248 g/mol. The maximum absolute atomic E-state index is 11.7. The summed E-state index contributed by atoms with van der Waals surface area (Å²) in [4.78, 5) is 24.6. The first kappa shape index (κ1) is 15.8. The van der Waals surface area contributed by atoms with E-state index in [4.69, 9.17) is 9.47 Å². The topological polar surface area (TPSA) is 67.9 Å². The Labute approximate surface area is 114 Å². The fourth-order valence-electron chi connectivity index (χ4n) is 1.88. The van der Waals surface area contributed by atoms with Crippen molar-refractivity contribution >= 4 is 12.0 Å². The van der Waals surface area contributed by atoms with Crippen LogP contribution in [-0.4, -0.2) is 56.4 Å².